The van der Waals surface area contributed by atoms with E-state index in [1.807, 2.05) is 12.1 Å². The molecular formula is C21H23N5O3. The van der Waals surface area contributed by atoms with Crippen LogP contribution in [-0.4, -0.2) is 27.8 Å². The summed E-state index contributed by atoms with van der Waals surface area (Å²) < 4.78 is 6.96. The van der Waals surface area contributed by atoms with Crippen molar-refractivity contribution < 1.29 is 9.53 Å². The third-order valence-electron chi connectivity index (χ3n) is 5.55. The Morgan fingerprint density at radius 1 is 1.21 bits per heavy atom. The third-order valence-corrected chi connectivity index (χ3v) is 5.55. The summed E-state index contributed by atoms with van der Waals surface area (Å²) >= 11 is 0. The summed E-state index contributed by atoms with van der Waals surface area (Å²) in [5.74, 6) is 1.77. The Morgan fingerprint density at radius 2 is 2.00 bits per heavy atom. The van der Waals surface area contributed by atoms with Crippen LogP contribution in [0.15, 0.2) is 29.1 Å². The lowest BCUT2D eigenvalue weighted by Gasteiger charge is -2.14. The van der Waals surface area contributed by atoms with Crippen molar-refractivity contribution in [3.8, 4) is 5.75 Å². The van der Waals surface area contributed by atoms with Gasteiger partial charge in [-0.15, -0.1) is 0 Å². The normalized spacial score (nSPS) is 16.1. The first kappa shape index (κ1) is 17.8. The molecule has 8 heteroatoms. The molecule has 3 N–H and O–H groups in total. The number of aryl methyl sites for hydroxylation is 1. The van der Waals surface area contributed by atoms with Gasteiger partial charge in [0.15, 0.2) is 5.65 Å². The van der Waals surface area contributed by atoms with Gasteiger partial charge in [-0.2, -0.15) is 0 Å². The summed E-state index contributed by atoms with van der Waals surface area (Å²) in [6.07, 6.45) is 4.24. The minimum absolute atomic E-state index is 0.0348. The molecule has 150 valence electrons. The highest BCUT2D eigenvalue weighted by Crippen LogP contribution is 2.43. The number of aromatic amines is 1. The molecule has 2 aromatic heterocycles. The van der Waals surface area contributed by atoms with Crippen LogP contribution >= 0.6 is 0 Å². The van der Waals surface area contributed by atoms with Crippen LogP contribution in [0.3, 0.4) is 0 Å². The zero-order valence-electron chi connectivity index (χ0n) is 16.4. The van der Waals surface area contributed by atoms with Gasteiger partial charge in [0.1, 0.15) is 17.0 Å². The number of fused-ring (bicyclic) bond motifs is 1. The number of aromatic nitrogens is 3. The Bertz CT molecular complexity index is 1170. The predicted molar refractivity (Wildman–Crippen MR) is 111 cm³/mol. The number of nitrogens with zero attached hydrogens (tertiary/aromatic N) is 2. The van der Waals surface area contributed by atoms with Crippen LogP contribution < -0.4 is 20.9 Å². The Hall–Kier alpha value is -3.29. The molecule has 0 unspecified atom stereocenters. The molecule has 3 aromatic rings. The molecule has 0 bridgehead atoms. The number of carbonyl (C=O) groups is 1. The number of rotatable bonds is 6. The SMILES string of the molecule is COc1cc(C2CC2)ccc1Nc1cc(NC(=O)C2CC2)nc2[nH]n(C)c(=O)c12. The van der Waals surface area contributed by atoms with Crippen LogP contribution in [-0.2, 0) is 11.8 Å². The maximum atomic E-state index is 12.6. The zero-order valence-corrected chi connectivity index (χ0v) is 16.4. The summed E-state index contributed by atoms with van der Waals surface area (Å²) in [5, 5.41) is 9.55. The molecule has 0 aliphatic heterocycles. The number of amides is 1. The van der Waals surface area contributed by atoms with Crippen molar-refractivity contribution >= 4 is 34.1 Å². The van der Waals surface area contributed by atoms with Crippen molar-refractivity contribution in [2.75, 3.05) is 17.7 Å². The highest BCUT2D eigenvalue weighted by Gasteiger charge is 2.30. The maximum absolute atomic E-state index is 12.6. The standard InChI is InChI=1S/C21H23N5O3/c1-26-21(28)18-15(10-17(23-19(18)25-26)24-20(27)12-5-6-12)22-14-8-7-13(11-3-4-11)9-16(14)29-2/h7-12H,3-6H2,1-2H3,(H3,22,23,24,25,27). The summed E-state index contributed by atoms with van der Waals surface area (Å²) in [7, 11) is 3.28. The fraction of sp³-hybridized carbons (Fsp3) is 0.381. The lowest BCUT2D eigenvalue weighted by atomic mass is 10.1. The molecule has 2 heterocycles. The van der Waals surface area contributed by atoms with Crippen molar-refractivity contribution in [2.45, 2.75) is 31.6 Å². The lowest BCUT2D eigenvalue weighted by Crippen LogP contribution is -2.15. The van der Waals surface area contributed by atoms with Gasteiger partial charge < -0.3 is 15.4 Å². The van der Waals surface area contributed by atoms with Gasteiger partial charge in [0.2, 0.25) is 5.91 Å². The van der Waals surface area contributed by atoms with E-state index in [2.05, 4.69) is 26.8 Å². The molecule has 0 radical (unpaired) electrons. The van der Waals surface area contributed by atoms with E-state index in [9.17, 15) is 9.59 Å². The number of pyridine rings is 1. The topological polar surface area (TPSA) is 101 Å². The number of nitrogens with one attached hydrogen (secondary N) is 3. The summed E-state index contributed by atoms with van der Waals surface area (Å²) in [6.45, 7) is 0. The van der Waals surface area contributed by atoms with E-state index in [4.69, 9.17) is 4.74 Å². The molecule has 29 heavy (non-hydrogen) atoms. The Kier molecular flexibility index (Phi) is 4.08. The predicted octanol–water partition coefficient (Wildman–Crippen LogP) is 3.24. The van der Waals surface area contributed by atoms with Crippen LogP contribution in [0.2, 0.25) is 0 Å². The second-order valence-electron chi connectivity index (χ2n) is 7.88. The Balaban J connectivity index is 1.55. The van der Waals surface area contributed by atoms with Gasteiger partial charge in [-0.05, 0) is 49.3 Å². The fourth-order valence-electron chi connectivity index (χ4n) is 3.58. The van der Waals surface area contributed by atoms with Crippen LogP contribution in [0.5, 0.6) is 5.75 Å². The quantitative estimate of drug-likeness (QED) is 0.597. The van der Waals surface area contributed by atoms with E-state index in [-0.39, 0.29) is 17.4 Å². The van der Waals surface area contributed by atoms with Gasteiger partial charge in [0, 0.05) is 19.0 Å². The van der Waals surface area contributed by atoms with Crippen LogP contribution in [0.1, 0.15) is 37.2 Å². The van der Waals surface area contributed by atoms with Crippen LogP contribution in [0, 0.1) is 5.92 Å². The molecule has 5 rings (SSSR count). The molecular weight excluding hydrogens is 370 g/mol. The first-order valence-corrected chi connectivity index (χ1v) is 9.89. The molecule has 8 nitrogen and oxygen atoms in total. The molecule has 1 amide bonds. The average molecular weight is 393 g/mol. The number of carbonyl (C=O) groups excluding carboxylic acids is 1. The fourth-order valence-corrected chi connectivity index (χ4v) is 3.58. The summed E-state index contributed by atoms with van der Waals surface area (Å²) in [5.41, 5.74) is 2.82. The third kappa shape index (κ3) is 3.35. The van der Waals surface area contributed by atoms with Gasteiger partial charge in [-0.25, -0.2) is 4.98 Å². The Labute approximate surface area is 167 Å². The molecule has 2 saturated carbocycles. The van der Waals surface area contributed by atoms with E-state index < -0.39 is 0 Å². The van der Waals surface area contributed by atoms with E-state index in [1.165, 1.54) is 23.1 Å². The number of ether oxygens (including phenoxy) is 1. The van der Waals surface area contributed by atoms with E-state index >= 15 is 0 Å². The van der Waals surface area contributed by atoms with Crippen LogP contribution in [0.25, 0.3) is 11.0 Å². The minimum Gasteiger partial charge on any atom is -0.495 e. The number of hydrogen-bond donors (Lipinski definition) is 3. The summed E-state index contributed by atoms with van der Waals surface area (Å²) in [6, 6.07) is 7.81. The molecule has 1 aromatic carbocycles. The molecule has 2 aliphatic carbocycles. The smallest absolute Gasteiger partial charge is 0.277 e. The zero-order chi connectivity index (χ0) is 20.1. The summed E-state index contributed by atoms with van der Waals surface area (Å²) in [4.78, 5) is 29.2. The first-order chi connectivity index (χ1) is 14.0. The van der Waals surface area contributed by atoms with E-state index in [1.54, 1.807) is 20.2 Å². The van der Waals surface area contributed by atoms with Gasteiger partial charge >= 0.3 is 0 Å². The van der Waals surface area contributed by atoms with Gasteiger partial charge in [0.05, 0.1) is 18.5 Å². The number of hydrogen-bond acceptors (Lipinski definition) is 5. The van der Waals surface area contributed by atoms with Crippen molar-refractivity contribution in [3.63, 3.8) is 0 Å². The lowest BCUT2D eigenvalue weighted by molar-refractivity contribution is -0.117. The number of methoxy groups -OCH3 is 1. The van der Waals surface area contributed by atoms with E-state index in [0.717, 1.165) is 24.3 Å². The molecule has 2 fully saturated rings. The number of anilines is 3. The van der Waals surface area contributed by atoms with E-state index in [0.29, 0.717) is 28.5 Å². The Morgan fingerprint density at radius 3 is 2.69 bits per heavy atom. The molecule has 0 saturated heterocycles. The number of H-pyrrole nitrogens is 1. The van der Waals surface area contributed by atoms with Crippen molar-refractivity contribution in [1.29, 1.82) is 0 Å². The second-order valence-corrected chi connectivity index (χ2v) is 7.88. The highest BCUT2D eigenvalue weighted by molar-refractivity contribution is 5.98. The van der Waals surface area contributed by atoms with Crippen molar-refractivity contribution in [2.24, 2.45) is 13.0 Å². The maximum Gasteiger partial charge on any atom is 0.277 e. The monoisotopic (exact) mass is 393 g/mol. The van der Waals surface area contributed by atoms with Crippen molar-refractivity contribution in [1.82, 2.24) is 14.8 Å². The first-order valence-electron chi connectivity index (χ1n) is 9.89. The van der Waals surface area contributed by atoms with Crippen molar-refractivity contribution in [3.05, 3.63) is 40.2 Å². The molecule has 2 aliphatic rings. The second kappa shape index (κ2) is 6.65. The minimum atomic E-state index is -0.191. The highest BCUT2D eigenvalue weighted by atomic mass is 16.5. The molecule has 0 spiro atoms. The average Bonchev–Trinajstić information content (AvgIpc) is 3.61. The van der Waals surface area contributed by atoms with Gasteiger partial charge in [-0.3, -0.25) is 19.4 Å². The van der Waals surface area contributed by atoms with Crippen LogP contribution in [0.4, 0.5) is 17.2 Å². The molecule has 0 atom stereocenters. The number of benzene rings is 1. The van der Waals surface area contributed by atoms with Gasteiger partial charge in [-0.1, -0.05) is 6.07 Å². The van der Waals surface area contributed by atoms with Gasteiger partial charge in [0.25, 0.3) is 5.56 Å². The largest absolute Gasteiger partial charge is 0.495 e.